The molecule has 0 saturated carbocycles. The molecule has 1 fully saturated rings. The number of carbonyl (C=O) groups excluding carboxylic acids is 9. The number of primary amides is 2. The van der Waals surface area contributed by atoms with Crippen LogP contribution in [0.3, 0.4) is 0 Å². The van der Waals surface area contributed by atoms with E-state index in [1.807, 2.05) is 0 Å². The molecule has 0 unspecified atom stereocenters. The molecule has 0 bridgehead atoms. The van der Waals surface area contributed by atoms with Crippen LogP contribution in [-0.2, 0) is 59.2 Å². The van der Waals surface area contributed by atoms with Crippen LogP contribution in [0.15, 0.2) is 24.3 Å². The molecule has 2 rings (SSSR count). The zero-order valence-electron chi connectivity index (χ0n) is 38.0. The van der Waals surface area contributed by atoms with E-state index in [1.54, 1.807) is 27.7 Å². The maximum atomic E-state index is 14.0. The van der Waals surface area contributed by atoms with Crippen molar-refractivity contribution in [3.05, 3.63) is 29.8 Å². The molecule has 1 saturated heterocycles. The van der Waals surface area contributed by atoms with E-state index < -0.39 is 152 Å². The van der Waals surface area contributed by atoms with Gasteiger partial charge in [-0.25, -0.2) is 4.79 Å². The van der Waals surface area contributed by atoms with Crippen molar-refractivity contribution in [1.29, 1.82) is 0 Å². The van der Waals surface area contributed by atoms with E-state index in [0.29, 0.717) is 12.0 Å². The number of carboxylic acid groups (broad SMARTS) is 2. The fourth-order valence-electron chi connectivity index (χ4n) is 7.05. The minimum atomic E-state index is -1.80. The number of nitrogens with two attached hydrogens (primary N) is 4. The van der Waals surface area contributed by atoms with Gasteiger partial charge in [0.1, 0.15) is 48.0 Å². The summed E-state index contributed by atoms with van der Waals surface area (Å²) in [6, 6.07) is -6.18. The average molecular weight is 948 g/mol. The highest BCUT2D eigenvalue weighted by atomic mass is 16.4. The smallest absolute Gasteiger partial charge is 0.326 e. The predicted molar refractivity (Wildman–Crippen MR) is 236 cm³/mol. The fraction of sp³-hybridized carbons (Fsp3) is 0.595. The first-order valence-corrected chi connectivity index (χ1v) is 21.8. The minimum absolute atomic E-state index is 0.0562. The minimum Gasteiger partial charge on any atom is -0.508 e. The zero-order valence-corrected chi connectivity index (χ0v) is 38.0. The molecule has 1 heterocycles. The summed E-state index contributed by atoms with van der Waals surface area (Å²) >= 11 is 0. The van der Waals surface area contributed by atoms with Crippen molar-refractivity contribution >= 4 is 65.1 Å². The van der Waals surface area contributed by atoms with Crippen LogP contribution in [0.2, 0.25) is 0 Å². The molecule has 0 radical (unpaired) electrons. The van der Waals surface area contributed by atoms with Gasteiger partial charge in [-0.15, -0.1) is 0 Å². The van der Waals surface area contributed by atoms with Gasteiger partial charge in [0, 0.05) is 25.9 Å². The highest BCUT2D eigenvalue weighted by Crippen LogP contribution is 2.20. The molecule has 372 valence electrons. The second-order valence-electron chi connectivity index (χ2n) is 16.8. The van der Waals surface area contributed by atoms with Crippen LogP contribution in [0.4, 0.5) is 0 Å². The molecule has 9 amide bonds. The maximum absolute atomic E-state index is 14.0. The Bertz CT molecular complexity index is 1970. The van der Waals surface area contributed by atoms with Crippen molar-refractivity contribution in [2.45, 2.75) is 134 Å². The van der Waals surface area contributed by atoms with Crippen molar-refractivity contribution in [3.8, 4) is 5.75 Å². The van der Waals surface area contributed by atoms with Crippen molar-refractivity contribution in [2.75, 3.05) is 13.1 Å². The van der Waals surface area contributed by atoms with E-state index in [0.717, 1.165) is 4.90 Å². The number of phenols is 1. The van der Waals surface area contributed by atoms with Crippen LogP contribution in [0.25, 0.3) is 0 Å². The number of nitrogens with zero attached hydrogens (tertiary/aromatic N) is 1. The third-order valence-corrected chi connectivity index (χ3v) is 10.9. The molecule has 0 aromatic heterocycles. The van der Waals surface area contributed by atoms with Crippen LogP contribution in [0.1, 0.15) is 84.6 Å². The normalized spacial score (nSPS) is 16.9. The van der Waals surface area contributed by atoms with E-state index in [1.165, 1.54) is 24.3 Å². The largest absolute Gasteiger partial charge is 0.508 e. The quantitative estimate of drug-likeness (QED) is 0.0380. The third-order valence-electron chi connectivity index (χ3n) is 10.9. The summed E-state index contributed by atoms with van der Waals surface area (Å²) in [7, 11) is 0. The first kappa shape index (κ1) is 56.2. The van der Waals surface area contributed by atoms with Gasteiger partial charge >= 0.3 is 11.9 Å². The number of carbonyl (C=O) groups is 11. The molecular formula is C42H65N11O14. The first-order chi connectivity index (χ1) is 31.4. The number of likely N-dealkylation sites (tertiary alicyclic amines) is 1. The van der Waals surface area contributed by atoms with Crippen molar-refractivity contribution in [3.63, 3.8) is 0 Å². The van der Waals surface area contributed by atoms with Crippen LogP contribution < -0.4 is 54.8 Å². The van der Waals surface area contributed by atoms with E-state index in [4.69, 9.17) is 28.0 Å². The van der Waals surface area contributed by atoms with Gasteiger partial charge < -0.3 is 75.1 Å². The number of aliphatic carboxylic acids is 2. The summed E-state index contributed by atoms with van der Waals surface area (Å²) in [6.45, 7) is 6.35. The summed E-state index contributed by atoms with van der Waals surface area (Å²) in [4.78, 5) is 144. The predicted octanol–water partition coefficient (Wildman–Crippen LogP) is -4.09. The number of phenolic OH excluding ortho intramolecular Hbond substituents is 1. The van der Waals surface area contributed by atoms with Crippen molar-refractivity contribution in [1.82, 2.24) is 36.8 Å². The number of benzene rings is 1. The van der Waals surface area contributed by atoms with Crippen LogP contribution >= 0.6 is 0 Å². The van der Waals surface area contributed by atoms with E-state index >= 15 is 0 Å². The molecule has 1 aromatic rings. The summed E-state index contributed by atoms with van der Waals surface area (Å²) in [6.07, 6.45) is -1.83. The fourth-order valence-corrected chi connectivity index (χ4v) is 7.05. The molecule has 1 aliphatic rings. The van der Waals surface area contributed by atoms with Gasteiger partial charge in [0.25, 0.3) is 0 Å². The summed E-state index contributed by atoms with van der Waals surface area (Å²) < 4.78 is 0. The third kappa shape index (κ3) is 18.5. The number of nitrogens with one attached hydrogen (secondary N) is 6. The Morgan fingerprint density at radius 2 is 1.28 bits per heavy atom. The van der Waals surface area contributed by atoms with E-state index in [2.05, 4.69) is 31.9 Å². The molecule has 0 spiro atoms. The standard InChI is InChI=1S/C42H65N11O14/c1-5-21(4)34(52-38(62)26(16-22-8-10-23(54)11-9-22)48-35(59)24(44)17-33(57)58)40(64)47-25(12-13-31(45)55)36(60)49-27(18-32(46)56)37(61)51-29(19-43)41(65)53-14-6-7-30(53)39(63)50-28(42(66)67)15-20(2)3/h8-11,20-21,24-30,34,54H,5-7,12-19,43-44H2,1-4H3,(H2,45,55)(H2,46,56)(H,47,64)(H,48,59)(H,49,60)(H,50,63)(H,51,61)(H,52,62)(H,57,58)(H,66,67)/t21-,24-,25-,26-,27-,28-,29-,30-,34-/m0/s1. The number of amides is 9. The number of hydrogen-bond acceptors (Lipinski definition) is 14. The molecule has 17 N–H and O–H groups in total. The Morgan fingerprint density at radius 1 is 0.716 bits per heavy atom. The lowest BCUT2D eigenvalue weighted by Crippen LogP contribution is -2.62. The number of rotatable bonds is 28. The molecule has 25 heteroatoms. The van der Waals surface area contributed by atoms with Crippen LogP contribution in [0.5, 0.6) is 5.75 Å². The van der Waals surface area contributed by atoms with Gasteiger partial charge in [0.2, 0.25) is 53.2 Å². The Balaban J connectivity index is 2.36. The van der Waals surface area contributed by atoms with Crippen LogP contribution in [0, 0.1) is 11.8 Å². The molecule has 9 atom stereocenters. The molecule has 1 aromatic carbocycles. The Kier molecular flexibility index (Phi) is 22.6. The van der Waals surface area contributed by atoms with Gasteiger partial charge in [-0.3, -0.25) is 47.9 Å². The van der Waals surface area contributed by atoms with Gasteiger partial charge in [0.15, 0.2) is 0 Å². The van der Waals surface area contributed by atoms with Crippen molar-refractivity contribution < 1.29 is 68.1 Å². The van der Waals surface area contributed by atoms with Crippen molar-refractivity contribution in [2.24, 2.45) is 34.8 Å². The summed E-state index contributed by atoms with van der Waals surface area (Å²) in [5.41, 5.74) is 22.8. The second-order valence-corrected chi connectivity index (χ2v) is 16.8. The topological polar surface area (TPSA) is 428 Å². The molecule has 0 aliphatic carbocycles. The highest BCUT2D eigenvalue weighted by Gasteiger charge is 2.40. The lowest BCUT2D eigenvalue weighted by Gasteiger charge is -2.30. The molecule has 1 aliphatic heterocycles. The van der Waals surface area contributed by atoms with Crippen LogP contribution in [-0.4, -0.2) is 147 Å². The highest BCUT2D eigenvalue weighted by molar-refractivity contribution is 5.99. The molecule has 25 nitrogen and oxygen atoms in total. The summed E-state index contributed by atoms with van der Waals surface area (Å²) in [5.74, 6) is -12.2. The lowest BCUT2D eigenvalue weighted by molar-refractivity contribution is -0.145. The van der Waals surface area contributed by atoms with Gasteiger partial charge in [-0.1, -0.05) is 46.2 Å². The molecule has 67 heavy (non-hydrogen) atoms. The Labute approximate surface area is 386 Å². The van der Waals surface area contributed by atoms with E-state index in [-0.39, 0.29) is 43.9 Å². The zero-order chi connectivity index (χ0) is 50.7. The first-order valence-electron chi connectivity index (χ1n) is 21.8. The second kappa shape index (κ2) is 26.9. The lowest BCUT2D eigenvalue weighted by atomic mass is 9.96. The Morgan fingerprint density at radius 3 is 1.82 bits per heavy atom. The van der Waals surface area contributed by atoms with E-state index in [9.17, 15) is 63.0 Å². The summed E-state index contributed by atoms with van der Waals surface area (Å²) in [5, 5.41) is 43.0. The van der Waals surface area contributed by atoms with Gasteiger partial charge in [-0.05, 0) is 55.2 Å². The SMILES string of the molecule is CC[C@H](C)[C@H](NC(=O)[C@H](Cc1ccc(O)cc1)NC(=O)[C@@H](N)CC(=O)O)C(=O)N[C@@H](CCC(N)=O)C(=O)N[C@@H](CC(N)=O)C(=O)N[C@@H](CN)C(=O)N1CCC[C@H]1C(=O)N[C@@H](CC(C)C)C(=O)O. The maximum Gasteiger partial charge on any atom is 0.326 e. The number of aromatic hydroxyl groups is 1. The monoisotopic (exact) mass is 947 g/mol. The van der Waals surface area contributed by atoms with Gasteiger partial charge in [0.05, 0.1) is 18.9 Å². The number of hydrogen-bond donors (Lipinski definition) is 13. The van der Waals surface area contributed by atoms with Gasteiger partial charge in [-0.2, -0.15) is 0 Å². The average Bonchev–Trinajstić information content (AvgIpc) is 3.75. The molecular weight excluding hydrogens is 883 g/mol. The number of carboxylic acids is 2. The Hall–Kier alpha value is -6.89.